The van der Waals surface area contributed by atoms with Crippen molar-refractivity contribution in [3.63, 3.8) is 0 Å². The molecule has 0 fully saturated rings. The number of hydrogen-bond donors (Lipinski definition) is 9. The van der Waals surface area contributed by atoms with Crippen LogP contribution in [0, 0.1) is 0 Å². The summed E-state index contributed by atoms with van der Waals surface area (Å²) in [5, 5.41) is 80.7. The average Bonchev–Trinajstić information content (AvgIpc) is 2.61. The van der Waals surface area contributed by atoms with Gasteiger partial charge >= 0.3 is 5.97 Å². The molecule has 0 aromatic heterocycles. The van der Waals surface area contributed by atoms with Crippen molar-refractivity contribution in [2.75, 3.05) is 6.61 Å². The number of fused-ring (bicyclic) bond motifs is 1. The first-order chi connectivity index (χ1) is 12.0. The number of phenols is 2. The van der Waals surface area contributed by atoms with Crippen LogP contribution >= 0.6 is 0 Å². The van der Waals surface area contributed by atoms with Crippen LogP contribution in [0.25, 0.3) is 0 Å². The van der Waals surface area contributed by atoms with Gasteiger partial charge in [-0.3, -0.25) is 10.1 Å². The van der Waals surface area contributed by atoms with Gasteiger partial charge in [-0.05, 0) is 18.6 Å². The maximum absolute atomic E-state index is 11.6. The van der Waals surface area contributed by atoms with Gasteiger partial charge in [0.2, 0.25) is 0 Å². The summed E-state index contributed by atoms with van der Waals surface area (Å²) in [5.41, 5.74) is -1.28. The van der Waals surface area contributed by atoms with Gasteiger partial charge in [0.15, 0.2) is 11.5 Å². The maximum atomic E-state index is 11.6. The normalized spacial score (nSPS) is 27.2. The minimum absolute atomic E-state index is 0.0269. The van der Waals surface area contributed by atoms with Gasteiger partial charge in [0.05, 0.1) is 12.6 Å². The standard InChI is InChI=1S/C16H23NO9/c1-16(15(25)26)4-6-2-3-7(19)11(21)9(6)10(17-16)13(23)14(24)12(22)8(20)5-18/h2-3,8,10,12-14,17-24H,4-5H2,1H3,(H,25,26)/t8-,10-,12-,13+,14+,16+/m1/s1. The van der Waals surface area contributed by atoms with Crippen molar-refractivity contribution in [3.8, 4) is 11.5 Å². The van der Waals surface area contributed by atoms with Crippen LogP contribution in [0.3, 0.4) is 0 Å². The molecule has 1 aromatic carbocycles. The molecule has 10 heteroatoms. The Kier molecular flexibility index (Phi) is 5.76. The summed E-state index contributed by atoms with van der Waals surface area (Å²) in [6, 6.07) is 1.17. The lowest BCUT2D eigenvalue weighted by Crippen LogP contribution is -2.60. The van der Waals surface area contributed by atoms with Crippen molar-refractivity contribution in [1.82, 2.24) is 5.32 Å². The smallest absolute Gasteiger partial charge is 0.323 e. The Labute approximate surface area is 148 Å². The third-order valence-corrected chi connectivity index (χ3v) is 4.71. The highest BCUT2D eigenvalue weighted by molar-refractivity contribution is 5.80. The van der Waals surface area contributed by atoms with E-state index in [1.54, 1.807) is 0 Å². The van der Waals surface area contributed by atoms with Crippen LogP contribution in [0.5, 0.6) is 11.5 Å². The topological polar surface area (TPSA) is 191 Å². The van der Waals surface area contributed by atoms with Crippen molar-refractivity contribution in [3.05, 3.63) is 23.3 Å². The number of carboxylic acids is 1. The molecule has 0 radical (unpaired) electrons. The first-order valence-electron chi connectivity index (χ1n) is 7.91. The number of hydrogen-bond acceptors (Lipinski definition) is 9. The van der Waals surface area contributed by atoms with Crippen LogP contribution in [-0.2, 0) is 11.2 Å². The number of aliphatic hydroxyl groups is 5. The third kappa shape index (κ3) is 3.47. The zero-order chi connectivity index (χ0) is 19.8. The number of rotatable bonds is 6. The summed E-state index contributed by atoms with van der Waals surface area (Å²) in [5.74, 6) is -2.36. The second kappa shape index (κ2) is 7.35. The Bertz CT molecular complexity index is 682. The third-order valence-electron chi connectivity index (χ3n) is 4.71. The molecule has 0 amide bonds. The number of carbonyl (C=O) groups is 1. The highest BCUT2D eigenvalue weighted by atomic mass is 16.4. The zero-order valence-electron chi connectivity index (χ0n) is 13.9. The van der Waals surface area contributed by atoms with E-state index >= 15 is 0 Å². The fourth-order valence-corrected chi connectivity index (χ4v) is 3.12. The van der Waals surface area contributed by atoms with Gasteiger partial charge in [-0.25, -0.2) is 0 Å². The van der Waals surface area contributed by atoms with Gasteiger partial charge in [0, 0.05) is 12.0 Å². The fraction of sp³-hybridized carbons (Fsp3) is 0.562. The Morgan fingerprint density at radius 3 is 2.38 bits per heavy atom. The molecule has 146 valence electrons. The van der Waals surface area contributed by atoms with E-state index in [0.717, 1.165) is 0 Å². The lowest BCUT2D eigenvalue weighted by molar-refractivity contribution is -0.147. The van der Waals surface area contributed by atoms with E-state index in [4.69, 9.17) is 5.11 Å². The van der Waals surface area contributed by atoms with E-state index in [2.05, 4.69) is 5.32 Å². The maximum Gasteiger partial charge on any atom is 0.323 e. The molecule has 6 atom stereocenters. The second-order valence-electron chi connectivity index (χ2n) is 6.66. The predicted molar refractivity (Wildman–Crippen MR) is 86.5 cm³/mol. The molecule has 0 saturated carbocycles. The number of carboxylic acid groups (broad SMARTS) is 1. The molecule has 1 aromatic rings. The SMILES string of the molecule is C[C@@]1(C(=O)O)Cc2ccc(O)c(O)c2[C@H]([C@H](O)[C@@H](O)[C@H](O)[C@H](O)CO)N1. The van der Waals surface area contributed by atoms with Crippen LogP contribution in [0.1, 0.15) is 24.1 Å². The van der Waals surface area contributed by atoms with Gasteiger partial charge < -0.3 is 40.9 Å². The van der Waals surface area contributed by atoms with E-state index in [9.17, 15) is 40.5 Å². The van der Waals surface area contributed by atoms with Crippen molar-refractivity contribution in [1.29, 1.82) is 0 Å². The van der Waals surface area contributed by atoms with Crippen molar-refractivity contribution < 1.29 is 45.6 Å². The minimum Gasteiger partial charge on any atom is -0.504 e. The molecule has 0 saturated heterocycles. The second-order valence-corrected chi connectivity index (χ2v) is 6.66. The molecule has 1 aliphatic rings. The number of nitrogens with one attached hydrogen (secondary N) is 1. The van der Waals surface area contributed by atoms with Gasteiger partial charge in [0.1, 0.15) is 30.0 Å². The lowest BCUT2D eigenvalue weighted by atomic mass is 9.79. The monoisotopic (exact) mass is 373 g/mol. The Hall–Kier alpha value is -1.95. The number of aliphatic hydroxyl groups excluding tert-OH is 5. The first kappa shape index (κ1) is 20.4. The van der Waals surface area contributed by atoms with Gasteiger partial charge in [-0.2, -0.15) is 0 Å². The van der Waals surface area contributed by atoms with Crippen LogP contribution in [0.15, 0.2) is 12.1 Å². The van der Waals surface area contributed by atoms with Crippen molar-refractivity contribution in [2.45, 2.75) is 49.3 Å². The van der Waals surface area contributed by atoms with Gasteiger partial charge in [-0.15, -0.1) is 0 Å². The molecular weight excluding hydrogens is 350 g/mol. The van der Waals surface area contributed by atoms with E-state index in [1.807, 2.05) is 0 Å². The summed E-state index contributed by atoms with van der Waals surface area (Å²) in [4.78, 5) is 11.6. The predicted octanol–water partition coefficient (Wildman–Crippen LogP) is -2.44. The zero-order valence-corrected chi connectivity index (χ0v) is 13.9. The van der Waals surface area contributed by atoms with E-state index in [1.165, 1.54) is 19.1 Å². The quantitative estimate of drug-likeness (QED) is 0.242. The fourth-order valence-electron chi connectivity index (χ4n) is 3.12. The molecule has 10 nitrogen and oxygen atoms in total. The summed E-state index contributed by atoms with van der Waals surface area (Å²) >= 11 is 0. The first-order valence-corrected chi connectivity index (χ1v) is 7.91. The highest BCUT2D eigenvalue weighted by Crippen LogP contribution is 2.42. The summed E-state index contributed by atoms with van der Waals surface area (Å²) in [6.45, 7) is 0.464. The van der Waals surface area contributed by atoms with Crippen LogP contribution < -0.4 is 5.32 Å². The molecule has 0 aliphatic carbocycles. The molecule has 2 rings (SSSR count). The molecular formula is C16H23NO9. The largest absolute Gasteiger partial charge is 0.504 e. The Morgan fingerprint density at radius 2 is 1.85 bits per heavy atom. The van der Waals surface area contributed by atoms with E-state index < -0.39 is 60.1 Å². The Balaban J connectivity index is 2.49. The van der Waals surface area contributed by atoms with Crippen molar-refractivity contribution >= 4 is 5.97 Å². The van der Waals surface area contributed by atoms with Crippen molar-refractivity contribution in [2.24, 2.45) is 0 Å². The molecule has 26 heavy (non-hydrogen) atoms. The van der Waals surface area contributed by atoms with E-state index in [-0.39, 0.29) is 12.0 Å². The number of aromatic hydroxyl groups is 2. The number of benzene rings is 1. The Morgan fingerprint density at radius 1 is 1.23 bits per heavy atom. The average molecular weight is 373 g/mol. The highest BCUT2D eigenvalue weighted by Gasteiger charge is 2.47. The van der Waals surface area contributed by atoms with Crippen LogP contribution in [-0.4, -0.2) is 83.4 Å². The molecule has 0 bridgehead atoms. The molecule has 0 spiro atoms. The summed E-state index contributed by atoms with van der Waals surface area (Å²) < 4.78 is 0. The molecule has 9 N–H and O–H groups in total. The molecule has 1 heterocycles. The number of phenolic OH excluding ortho intramolecular Hbond substituents is 2. The number of aliphatic carboxylic acids is 1. The molecule has 0 unspecified atom stereocenters. The van der Waals surface area contributed by atoms with Gasteiger partial charge in [0.25, 0.3) is 0 Å². The molecule has 1 aliphatic heterocycles. The van der Waals surface area contributed by atoms with Gasteiger partial charge in [-0.1, -0.05) is 6.07 Å². The van der Waals surface area contributed by atoms with Crippen LogP contribution in [0.2, 0.25) is 0 Å². The van der Waals surface area contributed by atoms with Crippen LogP contribution in [0.4, 0.5) is 0 Å². The van der Waals surface area contributed by atoms with E-state index in [0.29, 0.717) is 5.56 Å². The lowest BCUT2D eigenvalue weighted by Gasteiger charge is -2.42. The summed E-state index contributed by atoms with van der Waals surface area (Å²) in [7, 11) is 0. The minimum atomic E-state index is -1.99. The summed E-state index contributed by atoms with van der Waals surface area (Å²) in [6.07, 6.45) is -7.62.